The molecule has 2 nitrogen and oxygen atoms in total. The maximum atomic E-state index is 9.65. The van der Waals surface area contributed by atoms with Crippen molar-refractivity contribution < 1.29 is 5.11 Å². The van der Waals surface area contributed by atoms with Crippen molar-refractivity contribution in [2.45, 2.75) is 26.0 Å². The summed E-state index contributed by atoms with van der Waals surface area (Å²) < 4.78 is 0. The molecule has 0 fully saturated rings. The van der Waals surface area contributed by atoms with Crippen molar-refractivity contribution in [1.82, 2.24) is 4.90 Å². The van der Waals surface area contributed by atoms with Crippen molar-refractivity contribution in [3.8, 4) is 0 Å². The van der Waals surface area contributed by atoms with Gasteiger partial charge in [0.15, 0.2) is 0 Å². The van der Waals surface area contributed by atoms with E-state index in [-0.39, 0.29) is 0 Å². The molecule has 0 aliphatic heterocycles. The van der Waals surface area contributed by atoms with Crippen molar-refractivity contribution in [1.29, 1.82) is 0 Å². The first kappa shape index (κ1) is 12.5. The van der Waals surface area contributed by atoms with Gasteiger partial charge in [0.25, 0.3) is 0 Å². The van der Waals surface area contributed by atoms with Crippen LogP contribution in [0.25, 0.3) is 0 Å². The number of aliphatic hydroxyl groups is 1. The molecule has 0 atom stereocenters. The zero-order valence-corrected chi connectivity index (χ0v) is 10.3. The minimum absolute atomic E-state index is 0.638. The Balaban J connectivity index is 2.55. The number of likely N-dealkylation sites (N-methyl/N-ethyl adjacent to an activating group) is 1. The lowest BCUT2D eigenvalue weighted by molar-refractivity contribution is 0.0425. The smallest absolute Gasteiger partial charge is 0.0718 e. The van der Waals surface area contributed by atoms with Crippen molar-refractivity contribution in [2.24, 2.45) is 0 Å². The van der Waals surface area contributed by atoms with E-state index >= 15 is 0 Å². The largest absolute Gasteiger partial charge is 0.389 e. The van der Waals surface area contributed by atoms with Gasteiger partial charge in [0, 0.05) is 18.1 Å². The van der Waals surface area contributed by atoms with Gasteiger partial charge in [-0.25, -0.2) is 0 Å². The molecule has 84 valence electrons. The summed E-state index contributed by atoms with van der Waals surface area (Å²) in [7, 11) is 1.98. The summed E-state index contributed by atoms with van der Waals surface area (Å²) >= 11 is 5.89. The van der Waals surface area contributed by atoms with Gasteiger partial charge in [-0.05, 0) is 38.6 Å². The molecule has 15 heavy (non-hydrogen) atoms. The number of hydrogen-bond donors (Lipinski definition) is 1. The van der Waals surface area contributed by atoms with E-state index in [4.69, 9.17) is 11.6 Å². The van der Waals surface area contributed by atoms with Crippen LogP contribution < -0.4 is 0 Å². The summed E-state index contributed by atoms with van der Waals surface area (Å²) in [4.78, 5) is 2.08. The Bertz CT molecular complexity index is 320. The molecule has 0 aliphatic rings. The molecule has 0 heterocycles. The Kier molecular flexibility index (Phi) is 4.14. The molecule has 0 saturated carbocycles. The highest BCUT2D eigenvalue weighted by atomic mass is 35.5. The van der Waals surface area contributed by atoms with Gasteiger partial charge in [-0.3, -0.25) is 4.90 Å². The van der Waals surface area contributed by atoms with Crippen LogP contribution in [0.1, 0.15) is 19.4 Å². The van der Waals surface area contributed by atoms with E-state index in [0.29, 0.717) is 6.54 Å². The van der Waals surface area contributed by atoms with Crippen LogP contribution in [0.15, 0.2) is 24.3 Å². The molecule has 1 aromatic carbocycles. The topological polar surface area (TPSA) is 23.5 Å². The first-order chi connectivity index (χ1) is 6.87. The Hall–Kier alpha value is -0.570. The summed E-state index contributed by atoms with van der Waals surface area (Å²) in [5.41, 5.74) is 0.502. The van der Waals surface area contributed by atoms with E-state index in [1.165, 1.54) is 0 Å². The molecular weight excluding hydrogens is 210 g/mol. The zero-order chi connectivity index (χ0) is 11.5. The predicted octanol–water partition coefficient (Wildman–Crippen LogP) is 2.54. The summed E-state index contributed by atoms with van der Waals surface area (Å²) in [5, 5.41) is 10.4. The van der Waals surface area contributed by atoms with Crippen molar-refractivity contribution >= 4 is 11.6 Å². The normalized spacial score (nSPS) is 12.1. The number of nitrogens with zero attached hydrogens (tertiary/aromatic N) is 1. The minimum atomic E-state index is -0.659. The fraction of sp³-hybridized carbons (Fsp3) is 0.500. The Morgan fingerprint density at radius 1 is 1.40 bits per heavy atom. The lowest BCUT2D eigenvalue weighted by Gasteiger charge is -2.25. The van der Waals surface area contributed by atoms with Crippen LogP contribution in [-0.2, 0) is 6.54 Å². The van der Waals surface area contributed by atoms with E-state index in [1.54, 1.807) is 0 Å². The highest BCUT2D eigenvalue weighted by Crippen LogP contribution is 2.13. The van der Waals surface area contributed by atoms with Crippen LogP contribution in [0, 0.1) is 0 Å². The molecule has 0 unspecified atom stereocenters. The fourth-order valence-corrected chi connectivity index (χ4v) is 1.88. The Labute approximate surface area is 96.5 Å². The lowest BCUT2D eigenvalue weighted by atomic mass is 10.1. The number of rotatable bonds is 4. The molecule has 0 spiro atoms. The average molecular weight is 228 g/mol. The van der Waals surface area contributed by atoms with Crippen LogP contribution in [-0.4, -0.2) is 29.2 Å². The van der Waals surface area contributed by atoms with Crippen LogP contribution in [0.4, 0.5) is 0 Å². The van der Waals surface area contributed by atoms with Gasteiger partial charge in [0.2, 0.25) is 0 Å². The molecule has 1 rings (SSSR count). The predicted molar refractivity (Wildman–Crippen MR) is 64.1 cm³/mol. The average Bonchev–Trinajstić information content (AvgIpc) is 1.99. The molecule has 1 aromatic rings. The molecule has 0 radical (unpaired) electrons. The van der Waals surface area contributed by atoms with Crippen LogP contribution >= 0.6 is 11.6 Å². The van der Waals surface area contributed by atoms with E-state index in [0.717, 1.165) is 17.1 Å². The molecule has 0 saturated heterocycles. The second-order valence-corrected chi connectivity index (χ2v) is 5.05. The molecule has 3 heteroatoms. The Morgan fingerprint density at radius 3 is 2.60 bits per heavy atom. The summed E-state index contributed by atoms with van der Waals surface area (Å²) in [6, 6.07) is 7.78. The SMILES string of the molecule is CN(Cc1cccc(Cl)c1)CC(C)(C)O. The van der Waals surface area contributed by atoms with Gasteiger partial charge in [-0.1, -0.05) is 23.7 Å². The summed E-state index contributed by atoms with van der Waals surface area (Å²) in [6.45, 7) is 5.05. The second-order valence-electron chi connectivity index (χ2n) is 4.61. The molecule has 0 aromatic heterocycles. The first-order valence-electron chi connectivity index (χ1n) is 5.02. The van der Waals surface area contributed by atoms with Gasteiger partial charge >= 0.3 is 0 Å². The molecule has 0 amide bonds. The van der Waals surface area contributed by atoms with Crippen LogP contribution in [0.3, 0.4) is 0 Å². The minimum Gasteiger partial charge on any atom is -0.389 e. The van der Waals surface area contributed by atoms with E-state index in [9.17, 15) is 5.11 Å². The van der Waals surface area contributed by atoms with E-state index < -0.39 is 5.60 Å². The quantitative estimate of drug-likeness (QED) is 0.855. The lowest BCUT2D eigenvalue weighted by Crippen LogP contribution is -2.35. The van der Waals surface area contributed by atoms with Gasteiger partial charge in [0.1, 0.15) is 0 Å². The second kappa shape index (κ2) is 4.97. The van der Waals surface area contributed by atoms with Crippen molar-refractivity contribution in [2.75, 3.05) is 13.6 Å². The molecule has 0 aliphatic carbocycles. The summed E-state index contributed by atoms with van der Waals surface area (Å²) in [6.07, 6.45) is 0. The number of halogens is 1. The third-order valence-electron chi connectivity index (χ3n) is 2.00. The van der Waals surface area contributed by atoms with Gasteiger partial charge in [-0.2, -0.15) is 0 Å². The summed E-state index contributed by atoms with van der Waals surface area (Å²) in [5.74, 6) is 0. The molecule has 0 bridgehead atoms. The van der Waals surface area contributed by atoms with E-state index in [2.05, 4.69) is 4.90 Å². The maximum Gasteiger partial charge on any atom is 0.0718 e. The standard InChI is InChI=1S/C12H18ClNO/c1-12(2,15)9-14(3)8-10-5-4-6-11(13)7-10/h4-7,15H,8-9H2,1-3H3. The third kappa shape index (κ3) is 5.17. The molecule has 1 N–H and O–H groups in total. The van der Waals surface area contributed by atoms with Crippen LogP contribution in [0.5, 0.6) is 0 Å². The van der Waals surface area contributed by atoms with Gasteiger partial charge in [0.05, 0.1) is 5.60 Å². The third-order valence-corrected chi connectivity index (χ3v) is 2.23. The zero-order valence-electron chi connectivity index (χ0n) is 9.50. The monoisotopic (exact) mass is 227 g/mol. The Morgan fingerprint density at radius 2 is 2.07 bits per heavy atom. The van der Waals surface area contributed by atoms with E-state index in [1.807, 2.05) is 45.2 Å². The van der Waals surface area contributed by atoms with Crippen molar-refractivity contribution in [3.05, 3.63) is 34.9 Å². The number of hydrogen-bond acceptors (Lipinski definition) is 2. The van der Waals surface area contributed by atoms with Crippen molar-refractivity contribution in [3.63, 3.8) is 0 Å². The maximum absolute atomic E-state index is 9.65. The molecular formula is C12H18ClNO. The number of benzene rings is 1. The highest BCUT2D eigenvalue weighted by molar-refractivity contribution is 6.30. The highest BCUT2D eigenvalue weighted by Gasteiger charge is 2.15. The van der Waals surface area contributed by atoms with Gasteiger partial charge < -0.3 is 5.11 Å². The van der Waals surface area contributed by atoms with Gasteiger partial charge in [-0.15, -0.1) is 0 Å². The van der Waals surface area contributed by atoms with Crippen LogP contribution in [0.2, 0.25) is 5.02 Å². The fourth-order valence-electron chi connectivity index (χ4n) is 1.66. The first-order valence-corrected chi connectivity index (χ1v) is 5.40.